The van der Waals surface area contributed by atoms with Crippen molar-refractivity contribution in [2.45, 2.75) is 54.5 Å². The van der Waals surface area contributed by atoms with Crippen LogP contribution in [0.1, 0.15) is 12.8 Å². The van der Waals surface area contributed by atoms with Gasteiger partial charge in [-0.25, -0.2) is 0 Å². The van der Waals surface area contributed by atoms with Crippen molar-refractivity contribution >= 4 is 180 Å². The number of halogens is 11. The number of para-hydroxylation sites is 2. The van der Waals surface area contributed by atoms with E-state index in [4.69, 9.17) is 43.3 Å². The molecule has 0 radical (unpaired) electrons. The fourth-order valence-electron chi connectivity index (χ4n) is 2.94. The maximum absolute atomic E-state index is 12.5. The van der Waals surface area contributed by atoms with E-state index < -0.39 is 68.8 Å². The molecule has 0 N–H and O–H groups in total. The first-order valence-corrected chi connectivity index (χ1v) is 41.3. The molecule has 0 unspecified atom stereocenters. The Morgan fingerprint density at radius 1 is 0.603 bits per heavy atom. The molecule has 0 bridgehead atoms. The third-order valence-corrected chi connectivity index (χ3v) is 34.9. The van der Waals surface area contributed by atoms with E-state index in [2.05, 4.69) is 30.1 Å². The van der Waals surface area contributed by atoms with E-state index in [1.54, 1.807) is 110 Å². The molecule has 0 aliphatic heterocycles. The third kappa shape index (κ3) is 38.9. The van der Waals surface area contributed by atoms with Crippen LogP contribution in [0.5, 0.6) is 11.5 Å². The van der Waals surface area contributed by atoms with Crippen LogP contribution in [-0.4, -0.2) is 61.8 Å². The van der Waals surface area contributed by atoms with E-state index in [0.29, 0.717) is 18.9 Å². The summed E-state index contributed by atoms with van der Waals surface area (Å²) < 4.78 is 195. The fraction of sp³-hybridized carbons (Fsp3) is 0.478. The molecular formula is C23H28AgCl2F9O11S15Si2-. The molecule has 0 aliphatic rings. The van der Waals surface area contributed by atoms with Crippen LogP contribution in [0.4, 0.5) is 39.5 Å². The second-order valence-electron chi connectivity index (χ2n) is 10.1. The van der Waals surface area contributed by atoms with Gasteiger partial charge in [-0.15, -0.1) is 22.2 Å². The van der Waals surface area contributed by atoms with Gasteiger partial charge in [0.15, 0.2) is 0 Å². The number of rotatable bonds is 14. The predicted octanol–water partition coefficient (Wildman–Crippen LogP) is 7.93. The number of hydrogen-bond donors (Lipinski definition) is 0. The Morgan fingerprint density at radius 2 is 0.889 bits per heavy atom. The van der Waals surface area contributed by atoms with Crippen molar-refractivity contribution in [1.82, 2.24) is 0 Å². The first-order chi connectivity index (χ1) is 28.9. The molecule has 0 saturated heterocycles. The fourth-order valence-corrected chi connectivity index (χ4v) is 32.7. The summed E-state index contributed by atoms with van der Waals surface area (Å²) in [5.41, 5.74) is -17.0. The molecule has 0 atom stereocenters. The zero-order valence-corrected chi connectivity index (χ0v) is 47.8. The van der Waals surface area contributed by atoms with Gasteiger partial charge in [-0.05, 0) is 62.3 Å². The summed E-state index contributed by atoms with van der Waals surface area (Å²) in [7, 11) is -5.52. The molecule has 2 aromatic rings. The zero-order valence-electron chi connectivity index (χ0n) is 30.6. The van der Waals surface area contributed by atoms with Crippen molar-refractivity contribution in [2.75, 3.05) is 13.2 Å². The van der Waals surface area contributed by atoms with Gasteiger partial charge in [0.2, 0.25) is 6.69 Å². The Labute approximate surface area is 420 Å². The van der Waals surface area contributed by atoms with Crippen molar-refractivity contribution in [3.63, 3.8) is 0 Å². The minimum atomic E-state index is -6.40. The Hall–Kier alpha value is 1.37. The van der Waals surface area contributed by atoms with Crippen molar-refractivity contribution in [3.8, 4) is 11.5 Å². The van der Waals surface area contributed by atoms with Crippen LogP contribution >= 0.6 is 22.2 Å². The van der Waals surface area contributed by atoms with Gasteiger partial charge in [0.25, 0.3) is 0 Å². The second kappa shape index (κ2) is 36.3. The van der Waals surface area contributed by atoms with E-state index in [9.17, 15) is 56.3 Å². The topological polar surface area (TPSA) is 156 Å². The normalized spacial score (nSPS) is 11.6. The zero-order chi connectivity index (χ0) is 49.4. The second-order valence-corrected chi connectivity index (χ2v) is 43.8. The van der Waals surface area contributed by atoms with Gasteiger partial charge in [-0.2, -0.15) is 56.3 Å². The standard InChI is InChI=1S/C12H14F6O7S2Si.C10H14Cl2OSi.CF3O2S.Ag.O.S12/c1-28(24-26(19,20)11(13,14)15,25-27(21,22)12(16,17)18)9-5-8-23-10-6-3-2-4-7-10;1-14(11,12)9-5-8-13-10-6-3-2-4-7-10;2-1(3,4)7(5)6;;;1-3-5-7-9-11-12-10-8-6-4-2/h2-4,6-7H,5,8-9H2,1H3;2-4,6-7H,5,8-9H2,1H3;;;;/q;;-1;;;. The average Bonchev–Trinajstić information content (AvgIpc) is 3.16. The summed E-state index contributed by atoms with van der Waals surface area (Å²) in [5.74, 6) is 1.22. The van der Waals surface area contributed by atoms with Crippen LogP contribution in [-0.2, 0) is 183 Å². The molecule has 0 aromatic heterocycles. The van der Waals surface area contributed by atoms with E-state index in [1.807, 2.05) is 36.9 Å². The van der Waals surface area contributed by atoms with Crippen LogP contribution in [0.25, 0.3) is 0 Å². The van der Waals surface area contributed by atoms with E-state index in [-0.39, 0.29) is 13.0 Å². The van der Waals surface area contributed by atoms with Crippen LogP contribution in [0.2, 0.25) is 25.2 Å². The van der Waals surface area contributed by atoms with Crippen LogP contribution < -0.4 is 9.47 Å². The molecule has 0 heterocycles. The monoisotopic (exact) mass is 1360 g/mol. The molecule has 40 heteroatoms. The minimum absolute atomic E-state index is 0.280. The van der Waals surface area contributed by atoms with Gasteiger partial charge in [0.1, 0.15) is 11.5 Å². The van der Waals surface area contributed by atoms with Crippen LogP contribution in [0.3, 0.4) is 0 Å². The van der Waals surface area contributed by atoms with Crippen molar-refractivity contribution in [2.24, 2.45) is 0 Å². The molecule has 0 aliphatic carbocycles. The molecule has 0 fully saturated rings. The van der Waals surface area contributed by atoms with Gasteiger partial charge >= 0.3 is 69.6 Å². The molecule has 11 nitrogen and oxygen atoms in total. The SMILES string of the molecule is C[Si](CCCOc1ccccc1)(OS(=O)(=O)C(F)(F)F)OS(=O)(=O)C(F)(F)F.C[Si](Cl)(Cl)CCCOc1ccccc1.O=[S-](=O)C(F)(F)F.S=S=S=S=S=S=S=S=S=S=S=S.[O]=[Ag]. The summed E-state index contributed by atoms with van der Waals surface area (Å²) in [5, 5.41) is 0. The first kappa shape index (κ1) is 68.6. The Morgan fingerprint density at radius 3 is 1.14 bits per heavy atom. The van der Waals surface area contributed by atoms with Crippen molar-refractivity contribution < 1.29 is 106 Å². The number of alkyl halides is 9. The summed E-state index contributed by atoms with van der Waals surface area (Å²) in [6.45, 7) is 0.865. The van der Waals surface area contributed by atoms with Crippen molar-refractivity contribution in [1.29, 1.82) is 0 Å². The molecule has 0 spiro atoms. The summed E-state index contributed by atoms with van der Waals surface area (Å²) in [6.07, 6.45) is 0.572. The first-order valence-electron chi connectivity index (χ1n) is 14.9. The number of hydrogen-bond acceptors (Lipinski definition) is 14. The van der Waals surface area contributed by atoms with Crippen LogP contribution in [0.15, 0.2) is 60.7 Å². The molecule has 0 amide bonds. The average molecular weight is 1370 g/mol. The number of ether oxygens (including phenoxy) is 2. The summed E-state index contributed by atoms with van der Waals surface area (Å²) in [4.78, 5) is 0. The third-order valence-electron chi connectivity index (χ3n) is 5.14. The maximum atomic E-state index is 12.5. The molecule has 2 aromatic carbocycles. The molecule has 63 heavy (non-hydrogen) atoms. The Kier molecular flexibility index (Phi) is 39.6. The van der Waals surface area contributed by atoms with Gasteiger partial charge in [0, 0.05) is 122 Å². The van der Waals surface area contributed by atoms with Gasteiger partial charge < -0.3 is 17.9 Å². The Balaban J connectivity index is -0.000000855. The van der Waals surface area contributed by atoms with Crippen molar-refractivity contribution in [3.05, 3.63) is 60.7 Å². The van der Waals surface area contributed by atoms with Gasteiger partial charge in [-0.1, -0.05) is 36.4 Å². The Bertz CT molecular complexity index is 2310. The van der Waals surface area contributed by atoms with Gasteiger partial charge in [0.05, 0.1) is 13.2 Å². The van der Waals surface area contributed by atoms with E-state index in [0.717, 1.165) is 18.2 Å². The quantitative estimate of drug-likeness (QED) is 0.0449. The molecule has 2 rings (SSSR count). The van der Waals surface area contributed by atoms with E-state index in [1.165, 1.54) is 29.9 Å². The molecular weight excluding hydrogens is 1340 g/mol. The van der Waals surface area contributed by atoms with Crippen LogP contribution in [0, 0.1) is 0 Å². The number of benzene rings is 2. The molecule has 0 saturated carbocycles. The van der Waals surface area contributed by atoms with E-state index >= 15 is 0 Å². The molecule has 373 valence electrons. The summed E-state index contributed by atoms with van der Waals surface area (Å²) >= 11 is 23.0. The van der Waals surface area contributed by atoms with Gasteiger partial charge in [-0.3, -0.25) is 7.74 Å². The predicted molar refractivity (Wildman–Crippen MR) is 254 cm³/mol. The summed E-state index contributed by atoms with van der Waals surface area (Å²) in [6, 6.07) is 17.6.